The highest BCUT2D eigenvalue weighted by atomic mass is 16.2. The highest BCUT2D eigenvalue weighted by Gasteiger charge is 2.31. The number of rotatable bonds is 10. The minimum Gasteiger partial charge on any atom is -0.370 e. The summed E-state index contributed by atoms with van der Waals surface area (Å²) >= 11 is 0. The molecule has 4 atom stereocenters. The Kier molecular flexibility index (Phi) is 12.8. The van der Waals surface area contributed by atoms with Crippen LogP contribution in [-0.4, -0.2) is 115 Å². The lowest BCUT2D eigenvalue weighted by Crippen LogP contribution is -2.59. The zero-order valence-corrected chi connectivity index (χ0v) is 26.3. The number of hydrogen-bond acceptors (Lipinski definition) is 10. The number of hydrogen-bond donors (Lipinski definition) is 11. The molecule has 13 N–H and O–H groups in total. The molecule has 1 saturated heterocycles. The number of carbonyl (C=O) groups is 6. The predicted molar refractivity (Wildman–Crippen MR) is 171 cm³/mol. The molecule has 1 aliphatic heterocycles. The summed E-state index contributed by atoms with van der Waals surface area (Å²) in [6.07, 6.45) is 8.84. The maximum absolute atomic E-state index is 13.6. The standard InChI is InChI=1S/C28H39N15O6/c29-28(30)34-3-1-2-18-24(46)35-10-22(44)41-21(6-17-9-33-14-39-17)27(49)43-19(4-15-7-31-12-37-15)25(47)36-11-23(45)40-20(26(48)42-18)5-16-8-32-13-38-16/h7-9,12-14,18-21H,1-6,10-11H2,(H,31,37)(H,32,38)(H,33,39)(H,35,46)(H,36,47)(H,40,45)(H,41,44)(H,42,48)(H,43,49)(H4,29,30,34)/t18-,19-,20-,21-/m0/s1. The van der Waals surface area contributed by atoms with Gasteiger partial charge in [-0.2, -0.15) is 0 Å². The second-order valence-corrected chi connectivity index (χ2v) is 11.1. The molecule has 4 heterocycles. The summed E-state index contributed by atoms with van der Waals surface area (Å²) in [5.74, 6) is -4.45. The number of aliphatic imine (C=N–C) groups is 1. The lowest BCUT2D eigenvalue weighted by Gasteiger charge is -2.25. The van der Waals surface area contributed by atoms with Crippen LogP contribution in [0.3, 0.4) is 0 Å². The molecule has 3 aromatic rings. The minimum absolute atomic E-state index is 0.0323. The van der Waals surface area contributed by atoms with Gasteiger partial charge in [-0.1, -0.05) is 0 Å². The van der Waals surface area contributed by atoms with Crippen LogP contribution in [0.2, 0.25) is 0 Å². The summed E-state index contributed by atoms with van der Waals surface area (Å²) in [6.45, 7) is -0.960. The number of amides is 6. The molecule has 6 amide bonds. The SMILES string of the molecule is NC(N)=NCCC[C@@H]1NC(=O)[C@H](Cc2cnc[nH]2)NC(=O)CNC(=O)[C@H](Cc2cnc[nH]2)NC(=O)[C@H](Cc2cnc[nH]2)NC(=O)CNC1=O. The Hall–Kier alpha value is -6.28. The minimum atomic E-state index is -1.21. The van der Waals surface area contributed by atoms with E-state index >= 15 is 0 Å². The Morgan fingerprint density at radius 3 is 1.43 bits per heavy atom. The average molecular weight is 682 g/mol. The molecule has 0 aromatic carbocycles. The fraction of sp³-hybridized carbons (Fsp3) is 0.429. The molecular formula is C28H39N15O6. The van der Waals surface area contributed by atoms with E-state index < -0.39 is 72.7 Å². The molecule has 49 heavy (non-hydrogen) atoms. The number of nitrogens with one attached hydrogen (secondary N) is 9. The molecule has 21 nitrogen and oxygen atoms in total. The van der Waals surface area contributed by atoms with Crippen molar-refractivity contribution in [2.24, 2.45) is 16.5 Å². The Bertz CT molecular complexity index is 1590. The van der Waals surface area contributed by atoms with Crippen molar-refractivity contribution < 1.29 is 28.8 Å². The molecule has 0 bridgehead atoms. The van der Waals surface area contributed by atoms with Gasteiger partial charge in [0.05, 0.1) is 32.1 Å². The highest BCUT2D eigenvalue weighted by Crippen LogP contribution is 2.06. The van der Waals surface area contributed by atoms with Crippen molar-refractivity contribution >= 4 is 41.4 Å². The van der Waals surface area contributed by atoms with E-state index in [0.717, 1.165) is 0 Å². The fourth-order valence-corrected chi connectivity index (χ4v) is 4.87. The van der Waals surface area contributed by atoms with Crippen molar-refractivity contribution in [1.29, 1.82) is 0 Å². The largest absolute Gasteiger partial charge is 0.370 e. The van der Waals surface area contributed by atoms with E-state index in [-0.39, 0.29) is 44.6 Å². The summed E-state index contributed by atoms with van der Waals surface area (Å²) < 4.78 is 0. The molecule has 1 fully saturated rings. The van der Waals surface area contributed by atoms with Gasteiger partial charge < -0.3 is 58.3 Å². The Balaban J connectivity index is 1.60. The van der Waals surface area contributed by atoms with Gasteiger partial charge in [0.25, 0.3) is 0 Å². The Morgan fingerprint density at radius 2 is 1.02 bits per heavy atom. The molecule has 0 saturated carbocycles. The second kappa shape index (κ2) is 17.6. The van der Waals surface area contributed by atoms with Gasteiger partial charge in [0, 0.05) is 61.5 Å². The van der Waals surface area contributed by atoms with Crippen LogP contribution in [0.5, 0.6) is 0 Å². The van der Waals surface area contributed by atoms with E-state index in [1.54, 1.807) is 0 Å². The third kappa shape index (κ3) is 11.5. The first-order valence-corrected chi connectivity index (χ1v) is 15.3. The first-order valence-electron chi connectivity index (χ1n) is 15.3. The zero-order valence-electron chi connectivity index (χ0n) is 26.3. The fourth-order valence-electron chi connectivity index (χ4n) is 4.87. The van der Waals surface area contributed by atoms with Crippen LogP contribution in [0.4, 0.5) is 0 Å². The van der Waals surface area contributed by atoms with Crippen LogP contribution in [-0.2, 0) is 48.0 Å². The van der Waals surface area contributed by atoms with Crippen molar-refractivity contribution in [3.63, 3.8) is 0 Å². The molecule has 0 aliphatic carbocycles. The summed E-state index contributed by atoms with van der Waals surface area (Å²) in [5.41, 5.74) is 12.3. The Morgan fingerprint density at radius 1 is 0.612 bits per heavy atom. The van der Waals surface area contributed by atoms with E-state index in [1.807, 2.05) is 0 Å². The highest BCUT2D eigenvalue weighted by molar-refractivity contribution is 5.97. The number of guanidine groups is 1. The molecular weight excluding hydrogens is 642 g/mol. The molecule has 0 radical (unpaired) electrons. The first kappa shape index (κ1) is 35.6. The summed E-state index contributed by atoms with van der Waals surface area (Å²) in [5, 5.41) is 15.4. The third-order valence-corrected chi connectivity index (χ3v) is 7.30. The number of aromatic nitrogens is 6. The number of aromatic amines is 3. The molecule has 21 heteroatoms. The van der Waals surface area contributed by atoms with Gasteiger partial charge in [0.15, 0.2) is 5.96 Å². The number of nitrogens with two attached hydrogens (primary N) is 2. The normalized spacial score (nSPS) is 21.6. The molecule has 4 rings (SSSR count). The van der Waals surface area contributed by atoms with Crippen molar-refractivity contribution in [2.75, 3.05) is 19.6 Å². The first-order chi connectivity index (χ1) is 23.6. The van der Waals surface area contributed by atoms with Gasteiger partial charge >= 0.3 is 0 Å². The zero-order chi connectivity index (χ0) is 35.2. The Labute approximate surface area is 279 Å². The monoisotopic (exact) mass is 681 g/mol. The number of carbonyl (C=O) groups excluding carboxylic acids is 6. The van der Waals surface area contributed by atoms with Gasteiger partial charge in [-0.05, 0) is 12.8 Å². The average Bonchev–Trinajstić information content (AvgIpc) is 3.88. The topological polar surface area (TPSA) is 325 Å². The van der Waals surface area contributed by atoms with Crippen LogP contribution >= 0.6 is 0 Å². The molecule has 0 unspecified atom stereocenters. The second-order valence-electron chi connectivity index (χ2n) is 11.1. The lowest BCUT2D eigenvalue weighted by molar-refractivity contribution is -0.134. The lowest BCUT2D eigenvalue weighted by atomic mass is 10.1. The summed E-state index contributed by atoms with van der Waals surface area (Å²) in [6, 6.07) is -4.78. The van der Waals surface area contributed by atoms with E-state index in [9.17, 15) is 28.8 Å². The van der Waals surface area contributed by atoms with Gasteiger partial charge in [-0.25, -0.2) is 15.0 Å². The van der Waals surface area contributed by atoms with E-state index in [1.165, 1.54) is 37.6 Å². The number of nitrogens with zero attached hydrogens (tertiary/aromatic N) is 4. The van der Waals surface area contributed by atoms with Crippen LogP contribution in [0.1, 0.15) is 29.9 Å². The van der Waals surface area contributed by atoms with Crippen molar-refractivity contribution in [3.8, 4) is 0 Å². The predicted octanol–water partition coefficient (Wildman–Crippen LogP) is -4.88. The summed E-state index contributed by atoms with van der Waals surface area (Å²) in [7, 11) is 0. The van der Waals surface area contributed by atoms with Crippen LogP contribution < -0.4 is 43.4 Å². The van der Waals surface area contributed by atoms with Crippen LogP contribution in [0.25, 0.3) is 0 Å². The van der Waals surface area contributed by atoms with E-state index in [0.29, 0.717) is 17.1 Å². The molecule has 3 aromatic heterocycles. The van der Waals surface area contributed by atoms with E-state index in [2.05, 4.69) is 66.8 Å². The number of imidazole rings is 3. The maximum atomic E-state index is 13.6. The smallest absolute Gasteiger partial charge is 0.243 e. The van der Waals surface area contributed by atoms with Gasteiger partial charge in [-0.15, -0.1) is 0 Å². The van der Waals surface area contributed by atoms with Gasteiger partial charge in [0.1, 0.15) is 24.2 Å². The van der Waals surface area contributed by atoms with Gasteiger partial charge in [0.2, 0.25) is 35.4 Å². The molecule has 262 valence electrons. The van der Waals surface area contributed by atoms with Crippen molar-refractivity contribution in [1.82, 2.24) is 61.8 Å². The van der Waals surface area contributed by atoms with Crippen molar-refractivity contribution in [2.45, 2.75) is 56.3 Å². The number of H-pyrrole nitrogens is 3. The van der Waals surface area contributed by atoms with E-state index in [4.69, 9.17) is 11.5 Å². The van der Waals surface area contributed by atoms with Crippen LogP contribution in [0.15, 0.2) is 42.6 Å². The molecule has 1 aliphatic rings. The van der Waals surface area contributed by atoms with Gasteiger partial charge in [-0.3, -0.25) is 33.8 Å². The quantitative estimate of drug-likeness (QED) is 0.0547. The maximum Gasteiger partial charge on any atom is 0.243 e. The van der Waals surface area contributed by atoms with Crippen LogP contribution in [0, 0.1) is 0 Å². The third-order valence-electron chi connectivity index (χ3n) is 7.30. The summed E-state index contributed by atoms with van der Waals surface area (Å²) in [4.78, 5) is 104. The molecule has 0 spiro atoms. The van der Waals surface area contributed by atoms with Crippen molar-refractivity contribution in [3.05, 3.63) is 54.7 Å².